The highest BCUT2D eigenvalue weighted by molar-refractivity contribution is 7.67. The first kappa shape index (κ1) is 15.5. The van der Waals surface area contributed by atoms with E-state index in [1.807, 2.05) is 45.9 Å². The maximum atomic E-state index is 12.9. The van der Waals surface area contributed by atoms with Gasteiger partial charge < -0.3 is 4.89 Å². The molecule has 2 nitrogen and oxygen atoms in total. The van der Waals surface area contributed by atoms with Crippen molar-refractivity contribution in [2.24, 2.45) is 0 Å². The van der Waals surface area contributed by atoms with Crippen molar-refractivity contribution >= 4 is 12.7 Å². The summed E-state index contributed by atoms with van der Waals surface area (Å²) < 4.78 is 12.9. The monoisotopic (exact) mass is 268 g/mol. The Morgan fingerprint density at radius 2 is 1.56 bits per heavy atom. The van der Waals surface area contributed by atoms with Gasteiger partial charge in [-0.2, -0.15) is 0 Å². The van der Waals surface area contributed by atoms with Gasteiger partial charge in [-0.05, 0) is 23.5 Å². The van der Waals surface area contributed by atoms with Crippen LogP contribution >= 0.6 is 7.37 Å². The SMILES string of the molecule is Cc1cccc(C(C)(C)C)c1P(=O)(O)C(C)(C)C. The molecule has 0 aliphatic heterocycles. The largest absolute Gasteiger partial charge is 0.341 e. The van der Waals surface area contributed by atoms with Crippen LogP contribution < -0.4 is 5.30 Å². The van der Waals surface area contributed by atoms with E-state index in [9.17, 15) is 9.46 Å². The van der Waals surface area contributed by atoms with Crippen LogP contribution in [0.25, 0.3) is 0 Å². The molecule has 0 aliphatic rings. The second-order valence-corrected chi connectivity index (χ2v) is 9.91. The van der Waals surface area contributed by atoms with E-state index in [1.54, 1.807) is 0 Å². The Morgan fingerprint density at radius 1 is 1.06 bits per heavy atom. The summed E-state index contributed by atoms with van der Waals surface area (Å²) in [6.45, 7) is 13.6. The van der Waals surface area contributed by atoms with Crippen LogP contribution in [0.1, 0.15) is 52.7 Å². The van der Waals surface area contributed by atoms with E-state index >= 15 is 0 Å². The maximum Gasteiger partial charge on any atom is 0.235 e. The van der Waals surface area contributed by atoms with Crippen molar-refractivity contribution < 1.29 is 9.46 Å². The number of hydrogen-bond acceptors (Lipinski definition) is 1. The van der Waals surface area contributed by atoms with Crippen LogP contribution in [0.15, 0.2) is 18.2 Å². The minimum Gasteiger partial charge on any atom is -0.341 e. The number of aryl methyl sites for hydroxylation is 1. The van der Waals surface area contributed by atoms with Crippen LogP contribution in [-0.4, -0.2) is 10.0 Å². The molecule has 0 fully saturated rings. The topological polar surface area (TPSA) is 37.3 Å². The molecule has 1 unspecified atom stereocenters. The number of benzene rings is 1. The van der Waals surface area contributed by atoms with Crippen LogP contribution in [0.3, 0.4) is 0 Å². The maximum absolute atomic E-state index is 12.9. The molecule has 0 saturated carbocycles. The molecule has 0 aliphatic carbocycles. The van der Waals surface area contributed by atoms with Gasteiger partial charge in [0, 0.05) is 10.5 Å². The van der Waals surface area contributed by atoms with E-state index < -0.39 is 12.5 Å². The highest BCUT2D eigenvalue weighted by Gasteiger charge is 2.40. The number of rotatable bonds is 1. The molecule has 0 bridgehead atoms. The molecule has 0 radical (unpaired) electrons. The molecule has 1 N–H and O–H groups in total. The highest BCUT2D eigenvalue weighted by atomic mass is 31.2. The van der Waals surface area contributed by atoms with Crippen LogP contribution in [0, 0.1) is 6.92 Å². The molecule has 102 valence electrons. The van der Waals surface area contributed by atoms with Crippen molar-refractivity contribution in [2.75, 3.05) is 0 Å². The minimum absolute atomic E-state index is 0.134. The fraction of sp³-hybridized carbons (Fsp3) is 0.600. The number of hydrogen-bond donors (Lipinski definition) is 1. The molecule has 0 aromatic heterocycles. The Balaban J connectivity index is 3.65. The second-order valence-electron chi connectivity index (χ2n) is 6.97. The van der Waals surface area contributed by atoms with Gasteiger partial charge in [0.25, 0.3) is 0 Å². The lowest BCUT2D eigenvalue weighted by Gasteiger charge is -2.32. The Kier molecular flexibility index (Phi) is 3.87. The standard InChI is InChI=1S/C15H25O2P/c1-11-9-8-10-12(14(2,3)4)13(11)18(16,17)15(5,6)7/h8-10H,1-7H3,(H,16,17). The molecule has 0 amide bonds. The molecule has 18 heavy (non-hydrogen) atoms. The smallest absolute Gasteiger partial charge is 0.235 e. The highest BCUT2D eigenvalue weighted by Crippen LogP contribution is 2.54. The minimum atomic E-state index is -3.40. The van der Waals surface area contributed by atoms with Crippen LogP contribution in [0.2, 0.25) is 0 Å². The van der Waals surface area contributed by atoms with Crippen molar-refractivity contribution in [1.29, 1.82) is 0 Å². The molecule has 1 rings (SSSR count). The van der Waals surface area contributed by atoms with Gasteiger partial charge in [0.15, 0.2) is 0 Å². The summed E-state index contributed by atoms with van der Waals surface area (Å²) in [5.41, 5.74) is 1.75. The van der Waals surface area contributed by atoms with Crippen molar-refractivity contribution in [1.82, 2.24) is 0 Å². The summed E-state index contributed by atoms with van der Waals surface area (Å²) in [4.78, 5) is 10.6. The zero-order valence-electron chi connectivity index (χ0n) is 12.5. The van der Waals surface area contributed by atoms with Gasteiger partial charge in [-0.1, -0.05) is 59.7 Å². The summed E-state index contributed by atoms with van der Waals surface area (Å²) >= 11 is 0. The van der Waals surface area contributed by atoms with Gasteiger partial charge in [-0.3, -0.25) is 4.57 Å². The van der Waals surface area contributed by atoms with Crippen molar-refractivity contribution in [2.45, 2.75) is 59.0 Å². The molecule has 0 heterocycles. The molecular formula is C15H25O2P. The average Bonchev–Trinajstić information content (AvgIpc) is 2.13. The molecule has 1 aromatic carbocycles. The third kappa shape index (κ3) is 2.70. The van der Waals surface area contributed by atoms with E-state index in [2.05, 4.69) is 20.8 Å². The average molecular weight is 268 g/mol. The van der Waals surface area contributed by atoms with Gasteiger partial charge in [0.05, 0.1) is 0 Å². The quantitative estimate of drug-likeness (QED) is 0.782. The van der Waals surface area contributed by atoms with E-state index in [0.29, 0.717) is 5.30 Å². The van der Waals surface area contributed by atoms with Crippen LogP contribution in [0.5, 0.6) is 0 Å². The van der Waals surface area contributed by atoms with Crippen molar-refractivity contribution in [3.05, 3.63) is 29.3 Å². The second kappa shape index (κ2) is 4.51. The fourth-order valence-corrected chi connectivity index (χ4v) is 3.96. The Bertz CT molecular complexity index is 490. The van der Waals surface area contributed by atoms with Crippen molar-refractivity contribution in [3.8, 4) is 0 Å². The van der Waals surface area contributed by atoms with E-state index in [-0.39, 0.29) is 5.41 Å². The third-order valence-corrected chi connectivity index (χ3v) is 6.28. The van der Waals surface area contributed by atoms with Gasteiger partial charge >= 0.3 is 0 Å². The third-order valence-electron chi connectivity index (χ3n) is 3.26. The lowest BCUT2D eigenvalue weighted by atomic mass is 9.86. The zero-order chi connectivity index (χ0) is 14.4. The van der Waals surface area contributed by atoms with Gasteiger partial charge in [-0.25, -0.2) is 0 Å². The first-order valence-corrected chi connectivity index (χ1v) is 7.98. The molecule has 0 spiro atoms. The summed E-state index contributed by atoms with van der Waals surface area (Å²) in [5.74, 6) is 0. The molecule has 3 heteroatoms. The molecule has 0 saturated heterocycles. The Labute approximate surface area is 111 Å². The van der Waals surface area contributed by atoms with Crippen molar-refractivity contribution in [3.63, 3.8) is 0 Å². The Hall–Kier alpha value is -0.590. The summed E-state index contributed by atoms with van der Waals surface area (Å²) in [5, 5.41) is 0.00375. The first-order valence-electron chi connectivity index (χ1n) is 6.32. The van der Waals surface area contributed by atoms with Crippen LogP contribution in [-0.2, 0) is 9.98 Å². The van der Waals surface area contributed by atoms with Crippen LogP contribution in [0.4, 0.5) is 0 Å². The molecule has 1 aromatic rings. The van der Waals surface area contributed by atoms with E-state index in [1.165, 1.54) is 0 Å². The van der Waals surface area contributed by atoms with E-state index in [0.717, 1.165) is 11.1 Å². The first-order chi connectivity index (χ1) is 7.89. The summed E-state index contributed by atoms with van der Waals surface area (Å²) in [6.07, 6.45) is 0. The predicted molar refractivity (Wildman–Crippen MR) is 79.1 cm³/mol. The lowest BCUT2D eigenvalue weighted by molar-refractivity contribution is 0.456. The molecular weight excluding hydrogens is 243 g/mol. The van der Waals surface area contributed by atoms with Gasteiger partial charge in [0.1, 0.15) is 0 Å². The Morgan fingerprint density at radius 3 is 1.94 bits per heavy atom. The summed E-state index contributed by atoms with van der Waals surface area (Å²) in [7, 11) is -3.40. The van der Waals surface area contributed by atoms with E-state index in [4.69, 9.17) is 0 Å². The summed E-state index contributed by atoms with van der Waals surface area (Å²) in [6, 6.07) is 5.85. The molecule has 1 atom stereocenters. The normalized spacial score (nSPS) is 16.4. The zero-order valence-corrected chi connectivity index (χ0v) is 13.4. The predicted octanol–water partition coefficient (Wildman–Crippen LogP) is 3.99. The lowest BCUT2D eigenvalue weighted by Crippen LogP contribution is -2.31. The van der Waals surface area contributed by atoms with Gasteiger partial charge in [0.2, 0.25) is 7.37 Å². The fourth-order valence-electron chi connectivity index (χ4n) is 2.00. The van der Waals surface area contributed by atoms with Gasteiger partial charge in [-0.15, -0.1) is 0 Å².